The Morgan fingerprint density at radius 2 is 2.50 bits per heavy atom. The fraction of sp³-hybridized carbons (Fsp3) is 0.143. The molecule has 1 aromatic heterocycles. The Kier molecular flexibility index (Phi) is 2.47. The van der Waals surface area contributed by atoms with Gasteiger partial charge in [0.2, 0.25) is 5.70 Å². The van der Waals surface area contributed by atoms with E-state index < -0.39 is 4.92 Å². The molecule has 0 aliphatic carbocycles. The van der Waals surface area contributed by atoms with Gasteiger partial charge in [-0.15, -0.1) is 0 Å². The summed E-state index contributed by atoms with van der Waals surface area (Å²) < 4.78 is 0. The molecular formula is C7H7N3O2. The number of aromatic nitrogens is 2. The molecule has 0 fully saturated rings. The molecule has 0 N–H and O–H groups in total. The zero-order valence-corrected chi connectivity index (χ0v) is 6.47. The van der Waals surface area contributed by atoms with E-state index in [1.54, 1.807) is 6.07 Å². The minimum Gasteiger partial charge on any atom is -0.259 e. The first-order valence-electron chi connectivity index (χ1n) is 3.29. The molecule has 0 spiro atoms. The summed E-state index contributed by atoms with van der Waals surface area (Å²) in [5, 5.41) is 10.2. The lowest BCUT2D eigenvalue weighted by Crippen LogP contribution is -1.93. The molecule has 0 saturated heterocycles. The van der Waals surface area contributed by atoms with E-state index in [9.17, 15) is 10.1 Å². The van der Waals surface area contributed by atoms with Crippen LogP contribution in [0.4, 0.5) is 0 Å². The lowest BCUT2D eigenvalue weighted by molar-refractivity contribution is -0.422. The fourth-order valence-electron chi connectivity index (χ4n) is 0.653. The summed E-state index contributed by atoms with van der Waals surface area (Å²) in [4.78, 5) is 17.2. The van der Waals surface area contributed by atoms with Crippen molar-refractivity contribution < 1.29 is 4.92 Å². The van der Waals surface area contributed by atoms with Gasteiger partial charge in [0.1, 0.15) is 6.33 Å². The minimum atomic E-state index is -0.456. The van der Waals surface area contributed by atoms with Crippen LogP contribution in [-0.2, 0) is 0 Å². The van der Waals surface area contributed by atoms with Crippen molar-refractivity contribution in [1.82, 2.24) is 9.97 Å². The molecule has 0 bridgehead atoms. The normalized spacial score (nSPS) is 11.2. The number of hydrogen-bond donors (Lipinski definition) is 0. The van der Waals surface area contributed by atoms with Crippen molar-refractivity contribution in [3.05, 3.63) is 40.1 Å². The maximum Gasteiger partial charge on any atom is 0.245 e. The van der Waals surface area contributed by atoms with Crippen molar-refractivity contribution in [2.24, 2.45) is 0 Å². The number of nitro groups is 1. The first-order chi connectivity index (χ1) is 5.70. The lowest BCUT2D eigenvalue weighted by Gasteiger charge is -1.90. The molecule has 0 saturated carbocycles. The van der Waals surface area contributed by atoms with Crippen LogP contribution in [0.15, 0.2) is 24.3 Å². The number of rotatable bonds is 2. The van der Waals surface area contributed by atoms with Crippen LogP contribution in [0.1, 0.15) is 12.6 Å². The van der Waals surface area contributed by atoms with Crippen LogP contribution in [-0.4, -0.2) is 14.9 Å². The zero-order valence-electron chi connectivity index (χ0n) is 6.47. The summed E-state index contributed by atoms with van der Waals surface area (Å²) in [5.74, 6) is 0. The van der Waals surface area contributed by atoms with Crippen LogP contribution in [0.5, 0.6) is 0 Å². The third-order valence-electron chi connectivity index (χ3n) is 1.25. The Balaban J connectivity index is 2.89. The number of allylic oxidation sites excluding steroid dienone is 1. The number of nitrogens with zero attached hydrogens (tertiary/aromatic N) is 3. The maximum absolute atomic E-state index is 10.2. The van der Waals surface area contributed by atoms with E-state index in [1.807, 2.05) is 0 Å². The molecule has 0 aromatic carbocycles. The topological polar surface area (TPSA) is 68.9 Å². The first-order valence-corrected chi connectivity index (χ1v) is 3.29. The molecule has 0 radical (unpaired) electrons. The highest BCUT2D eigenvalue weighted by Crippen LogP contribution is 2.01. The summed E-state index contributed by atoms with van der Waals surface area (Å²) >= 11 is 0. The Morgan fingerprint density at radius 1 is 1.75 bits per heavy atom. The van der Waals surface area contributed by atoms with Crippen molar-refractivity contribution >= 4 is 6.08 Å². The summed E-state index contributed by atoms with van der Waals surface area (Å²) in [6.45, 7) is 1.42. The average Bonchev–Trinajstić information content (AvgIpc) is 2.06. The van der Waals surface area contributed by atoms with Crippen LogP contribution in [0.2, 0.25) is 0 Å². The molecule has 1 heterocycles. The molecular weight excluding hydrogens is 158 g/mol. The van der Waals surface area contributed by atoms with Crippen LogP contribution in [0.25, 0.3) is 6.08 Å². The maximum atomic E-state index is 10.2. The monoisotopic (exact) mass is 165 g/mol. The number of hydrogen-bond acceptors (Lipinski definition) is 4. The third kappa shape index (κ3) is 2.12. The molecule has 0 unspecified atom stereocenters. The van der Waals surface area contributed by atoms with Gasteiger partial charge in [-0.05, 0) is 6.07 Å². The summed E-state index contributed by atoms with van der Waals surface area (Å²) in [6, 6.07) is 1.60. The van der Waals surface area contributed by atoms with Crippen LogP contribution in [0.3, 0.4) is 0 Å². The SMILES string of the molecule is C/C(=C/c1ccncn1)[N+](=O)[O-]. The second kappa shape index (κ2) is 3.56. The van der Waals surface area contributed by atoms with Crippen LogP contribution in [0, 0.1) is 10.1 Å². The van der Waals surface area contributed by atoms with Crippen molar-refractivity contribution in [1.29, 1.82) is 0 Å². The molecule has 5 heteroatoms. The molecule has 62 valence electrons. The van der Waals surface area contributed by atoms with Gasteiger partial charge in [-0.2, -0.15) is 0 Å². The van der Waals surface area contributed by atoms with Gasteiger partial charge in [-0.3, -0.25) is 10.1 Å². The average molecular weight is 165 g/mol. The molecule has 1 aromatic rings. The van der Waals surface area contributed by atoms with Crippen molar-refractivity contribution in [3.8, 4) is 0 Å². The van der Waals surface area contributed by atoms with E-state index in [2.05, 4.69) is 9.97 Å². The zero-order chi connectivity index (χ0) is 8.97. The highest BCUT2D eigenvalue weighted by Gasteiger charge is 2.01. The van der Waals surface area contributed by atoms with Gasteiger partial charge in [0, 0.05) is 19.2 Å². The Morgan fingerprint density at radius 3 is 3.00 bits per heavy atom. The highest BCUT2D eigenvalue weighted by molar-refractivity contribution is 5.44. The largest absolute Gasteiger partial charge is 0.259 e. The van der Waals surface area contributed by atoms with E-state index in [0.717, 1.165) is 0 Å². The second-order valence-corrected chi connectivity index (χ2v) is 2.18. The van der Waals surface area contributed by atoms with Crippen molar-refractivity contribution in [2.45, 2.75) is 6.92 Å². The smallest absolute Gasteiger partial charge is 0.245 e. The Labute approximate surface area is 68.9 Å². The molecule has 0 aliphatic heterocycles. The van der Waals surface area contributed by atoms with E-state index >= 15 is 0 Å². The quantitative estimate of drug-likeness (QED) is 0.486. The lowest BCUT2D eigenvalue weighted by atomic mass is 10.3. The molecule has 5 nitrogen and oxygen atoms in total. The molecule has 1 rings (SSSR count). The van der Waals surface area contributed by atoms with Gasteiger partial charge in [0.15, 0.2) is 0 Å². The Hall–Kier alpha value is -1.78. The van der Waals surface area contributed by atoms with Gasteiger partial charge in [-0.25, -0.2) is 9.97 Å². The van der Waals surface area contributed by atoms with Gasteiger partial charge >= 0.3 is 0 Å². The van der Waals surface area contributed by atoms with Gasteiger partial charge in [-0.1, -0.05) is 0 Å². The summed E-state index contributed by atoms with van der Waals surface area (Å²) in [7, 11) is 0. The van der Waals surface area contributed by atoms with E-state index in [-0.39, 0.29) is 5.70 Å². The van der Waals surface area contributed by atoms with Gasteiger partial charge in [0.05, 0.1) is 10.6 Å². The van der Waals surface area contributed by atoms with E-state index in [1.165, 1.54) is 25.5 Å². The Bertz CT molecular complexity index is 308. The first kappa shape index (κ1) is 8.32. The predicted octanol–water partition coefficient (Wildman–Crippen LogP) is 1.11. The van der Waals surface area contributed by atoms with Crippen LogP contribution < -0.4 is 0 Å². The van der Waals surface area contributed by atoms with Gasteiger partial charge in [0.25, 0.3) is 0 Å². The summed E-state index contributed by atoms with van der Waals surface area (Å²) in [5.41, 5.74) is 0.605. The van der Waals surface area contributed by atoms with Crippen molar-refractivity contribution in [3.63, 3.8) is 0 Å². The van der Waals surface area contributed by atoms with E-state index in [4.69, 9.17) is 0 Å². The molecule has 0 aliphatic rings. The third-order valence-corrected chi connectivity index (χ3v) is 1.25. The molecule has 0 amide bonds. The molecule has 0 atom stereocenters. The second-order valence-electron chi connectivity index (χ2n) is 2.18. The fourth-order valence-corrected chi connectivity index (χ4v) is 0.653. The minimum absolute atomic E-state index is 0.0636. The van der Waals surface area contributed by atoms with E-state index in [0.29, 0.717) is 5.69 Å². The predicted molar refractivity (Wildman–Crippen MR) is 42.7 cm³/mol. The standard InChI is InChI=1S/C7H7N3O2/c1-6(10(11)12)4-7-2-3-8-5-9-7/h2-5H,1H3/b6-4-. The summed E-state index contributed by atoms with van der Waals surface area (Å²) in [6.07, 6.45) is 4.27. The van der Waals surface area contributed by atoms with Crippen molar-refractivity contribution in [2.75, 3.05) is 0 Å². The van der Waals surface area contributed by atoms with Crippen LogP contribution >= 0.6 is 0 Å². The van der Waals surface area contributed by atoms with Gasteiger partial charge < -0.3 is 0 Å². The molecule has 12 heavy (non-hydrogen) atoms. The highest BCUT2D eigenvalue weighted by atomic mass is 16.6.